The average molecular weight is 533 g/mol. The van der Waals surface area contributed by atoms with Crippen LogP contribution in [0.2, 0.25) is 0 Å². The number of nitrogens with zero attached hydrogens (tertiary/aromatic N) is 5. The first-order valence-corrected chi connectivity index (χ1v) is 11.6. The van der Waals surface area contributed by atoms with Gasteiger partial charge in [-0.05, 0) is 31.5 Å². The fraction of sp³-hybridized carbons (Fsp3) is 0.714. The number of hydrogen-bond acceptors (Lipinski definition) is 5. The van der Waals surface area contributed by atoms with Crippen molar-refractivity contribution in [2.24, 2.45) is 10.9 Å². The van der Waals surface area contributed by atoms with Gasteiger partial charge < -0.3 is 20.0 Å². The normalized spacial score (nSPS) is 21.3. The van der Waals surface area contributed by atoms with E-state index in [4.69, 9.17) is 9.98 Å². The Bertz CT molecular complexity index is 631. The highest BCUT2D eigenvalue weighted by Crippen LogP contribution is 2.25. The number of aliphatic imine (C=N–C) groups is 1. The average Bonchev–Trinajstić information content (AvgIpc) is 2.72. The Morgan fingerprint density at radius 3 is 2.62 bits per heavy atom. The van der Waals surface area contributed by atoms with Crippen LogP contribution in [0.5, 0.6) is 0 Å². The minimum atomic E-state index is 0. The maximum absolute atomic E-state index is 4.92. The highest BCUT2D eigenvalue weighted by Gasteiger charge is 2.24. The van der Waals surface area contributed by atoms with Gasteiger partial charge in [0.05, 0.1) is 6.54 Å². The first-order valence-electron chi connectivity index (χ1n) is 10.6. The Morgan fingerprint density at radius 2 is 2.00 bits per heavy atom. The van der Waals surface area contributed by atoms with Crippen molar-refractivity contribution in [2.75, 3.05) is 63.5 Å². The standard InChI is InChI=1S/C21H36N6S.HI/c1-5-22-21(27-12-13-28-19(16-27)17(2)3)24-15-18-6-7-20(23-14-18)26-10-8-25(4)9-11-26;/h6-7,14,17,19H,5,8-13,15-16H2,1-4H3,(H,22,24);1H. The number of likely N-dealkylation sites (N-methyl/N-ethyl adjacent to an activating group) is 1. The van der Waals surface area contributed by atoms with Gasteiger partial charge in [0.1, 0.15) is 5.82 Å². The first kappa shape index (κ1) is 24.5. The Morgan fingerprint density at radius 1 is 1.24 bits per heavy atom. The van der Waals surface area contributed by atoms with Crippen molar-refractivity contribution >= 4 is 47.5 Å². The summed E-state index contributed by atoms with van der Waals surface area (Å²) in [6, 6.07) is 4.33. The van der Waals surface area contributed by atoms with E-state index in [0.29, 0.717) is 17.7 Å². The molecule has 0 amide bonds. The SMILES string of the molecule is CCNC(=NCc1ccc(N2CCN(C)CC2)nc1)N1CCSC(C(C)C)C1.I. The zero-order valence-electron chi connectivity index (χ0n) is 18.3. The van der Waals surface area contributed by atoms with Crippen molar-refractivity contribution < 1.29 is 0 Å². The molecule has 164 valence electrons. The van der Waals surface area contributed by atoms with Crippen LogP contribution in [0.4, 0.5) is 5.82 Å². The fourth-order valence-electron chi connectivity index (χ4n) is 3.60. The molecule has 6 nitrogen and oxygen atoms in total. The molecule has 1 N–H and O–H groups in total. The molecule has 1 aromatic rings. The van der Waals surface area contributed by atoms with Gasteiger partial charge in [-0.2, -0.15) is 11.8 Å². The van der Waals surface area contributed by atoms with Crippen LogP contribution in [0.15, 0.2) is 23.3 Å². The Balaban J connectivity index is 0.00000300. The van der Waals surface area contributed by atoms with E-state index in [1.807, 2.05) is 6.20 Å². The van der Waals surface area contributed by atoms with Crippen LogP contribution >= 0.6 is 35.7 Å². The number of pyridine rings is 1. The van der Waals surface area contributed by atoms with Gasteiger partial charge in [0, 0.05) is 63.0 Å². The van der Waals surface area contributed by atoms with Crippen LogP contribution < -0.4 is 10.2 Å². The third-order valence-electron chi connectivity index (χ3n) is 5.52. The molecular weight excluding hydrogens is 495 g/mol. The molecule has 0 bridgehead atoms. The van der Waals surface area contributed by atoms with Crippen LogP contribution in [0.3, 0.4) is 0 Å². The minimum Gasteiger partial charge on any atom is -0.357 e. The van der Waals surface area contributed by atoms with E-state index in [2.05, 4.69) is 71.7 Å². The largest absolute Gasteiger partial charge is 0.357 e. The van der Waals surface area contributed by atoms with E-state index < -0.39 is 0 Å². The molecule has 1 atom stereocenters. The van der Waals surface area contributed by atoms with E-state index in [1.54, 1.807) is 0 Å². The van der Waals surface area contributed by atoms with E-state index in [-0.39, 0.29) is 24.0 Å². The Hall–Kier alpha value is -0.740. The number of aromatic nitrogens is 1. The maximum atomic E-state index is 4.92. The third-order valence-corrected chi connectivity index (χ3v) is 7.06. The quantitative estimate of drug-likeness (QED) is 0.358. The molecule has 2 fully saturated rings. The number of anilines is 1. The second kappa shape index (κ2) is 12.2. The number of halogens is 1. The lowest BCUT2D eigenvalue weighted by Gasteiger charge is -2.36. The van der Waals surface area contributed by atoms with E-state index in [1.165, 1.54) is 11.3 Å². The third kappa shape index (κ3) is 7.17. The summed E-state index contributed by atoms with van der Waals surface area (Å²) in [5.41, 5.74) is 1.17. The van der Waals surface area contributed by atoms with Crippen molar-refractivity contribution in [1.29, 1.82) is 0 Å². The van der Waals surface area contributed by atoms with Gasteiger partial charge in [0.25, 0.3) is 0 Å². The highest BCUT2D eigenvalue weighted by molar-refractivity contribution is 14.0. The Labute approximate surface area is 197 Å². The second-order valence-corrected chi connectivity index (χ2v) is 9.43. The molecule has 0 aliphatic carbocycles. The number of hydrogen-bond donors (Lipinski definition) is 1. The molecule has 2 aliphatic heterocycles. The summed E-state index contributed by atoms with van der Waals surface area (Å²) >= 11 is 2.10. The van der Waals surface area contributed by atoms with Gasteiger partial charge in [0.2, 0.25) is 0 Å². The zero-order valence-corrected chi connectivity index (χ0v) is 21.5. The van der Waals surface area contributed by atoms with E-state index in [0.717, 1.165) is 57.6 Å². The molecule has 8 heteroatoms. The fourth-order valence-corrected chi connectivity index (χ4v) is 4.89. The smallest absolute Gasteiger partial charge is 0.194 e. The summed E-state index contributed by atoms with van der Waals surface area (Å²) < 4.78 is 0. The zero-order chi connectivity index (χ0) is 19.9. The molecule has 2 saturated heterocycles. The molecule has 3 rings (SSSR count). The number of piperazine rings is 1. The molecular formula is C21H37IN6S. The van der Waals surface area contributed by atoms with E-state index >= 15 is 0 Å². The van der Waals surface area contributed by atoms with Gasteiger partial charge in [-0.1, -0.05) is 19.9 Å². The summed E-state index contributed by atoms with van der Waals surface area (Å²) in [6.45, 7) is 14.8. The second-order valence-electron chi connectivity index (χ2n) is 8.08. The van der Waals surface area contributed by atoms with E-state index in [9.17, 15) is 0 Å². The van der Waals surface area contributed by atoms with Gasteiger partial charge in [-0.25, -0.2) is 9.98 Å². The maximum Gasteiger partial charge on any atom is 0.194 e. The summed E-state index contributed by atoms with van der Waals surface area (Å²) in [5.74, 6) is 3.99. The van der Waals surface area contributed by atoms with Crippen molar-refractivity contribution in [3.8, 4) is 0 Å². The topological polar surface area (TPSA) is 47.0 Å². The number of thioether (sulfide) groups is 1. The van der Waals surface area contributed by atoms with Crippen molar-refractivity contribution in [2.45, 2.75) is 32.6 Å². The van der Waals surface area contributed by atoms with Gasteiger partial charge in [-0.15, -0.1) is 24.0 Å². The molecule has 0 spiro atoms. The van der Waals surface area contributed by atoms with Crippen LogP contribution in [-0.2, 0) is 6.54 Å². The summed E-state index contributed by atoms with van der Waals surface area (Å²) in [7, 11) is 2.18. The monoisotopic (exact) mass is 532 g/mol. The van der Waals surface area contributed by atoms with Crippen molar-refractivity contribution in [3.63, 3.8) is 0 Å². The molecule has 0 aromatic carbocycles. The lowest BCUT2D eigenvalue weighted by molar-refractivity contribution is 0.312. The lowest BCUT2D eigenvalue weighted by Crippen LogP contribution is -2.49. The minimum absolute atomic E-state index is 0. The molecule has 2 aliphatic rings. The van der Waals surface area contributed by atoms with Gasteiger partial charge in [-0.3, -0.25) is 0 Å². The molecule has 1 unspecified atom stereocenters. The van der Waals surface area contributed by atoms with Crippen molar-refractivity contribution in [1.82, 2.24) is 20.1 Å². The highest BCUT2D eigenvalue weighted by atomic mass is 127. The number of nitrogens with one attached hydrogen (secondary N) is 1. The Kier molecular flexibility index (Phi) is 10.3. The van der Waals surface area contributed by atoms with Crippen LogP contribution in [-0.4, -0.2) is 84.6 Å². The number of guanidine groups is 1. The molecule has 0 radical (unpaired) electrons. The van der Waals surface area contributed by atoms with Gasteiger partial charge in [0.15, 0.2) is 5.96 Å². The molecule has 0 saturated carbocycles. The van der Waals surface area contributed by atoms with Crippen molar-refractivity contribution in [3.05, 3.63) is 23.9 Å². The molecule has 1 aromatic heterocycles. The number of rotatable bonds is 5. The van der Waals surface area contributed by atoms with Gasteiger partial charge >= 0.3 is 0 Å². The first-order chi connectivity index (χ1) is 13.6. The van der Waals surface area contributed by atoms with Crippen LogP contribution in [0.1, 0.15) is 26.3 Å². The van der Waals surface area contributed by atoms with Crippen LogP contribution in [0, 0.1) is 5.92 Å². The lowest BCUT2D eigenvalue weighted by atomic mass is 10.1. The molecule has 29 heavy (non-hydrogen) atoms. The van der Waals surface area contributed by atoms with Crippen LogP contribution in [0.25, 0.3) is 0 Å². The summed E-state index contributed by atoms with van der Waals surface area (Å²) in [5, 5.41) is 4.17. The predicted molar refractivity (Wildman–Crippen MR) is 137 cm³/mol. The predicted octanol–water partition coefficient (Wildman–Crippen LogP) is 2.99. The summed E-state index contributed by atoms with van der Waals surface area (Å²) in [4.78, 5) is 16.8. The summed E-state index contributed by atoms with van der Waals surface area (Å²) in [6.07, 6.45) is 1.99. The molecule has 3 heterocycles.